The molecule has 6 heteroatoms. The molecule has 0 amide bonds. The van der Waals surface area contributed by atoms with Crippen molar-refractivity contribution in [3.05, 3.63) is 76.1 Å². The Morgan fingerprint density at radius 1 is 1.12 bits per heavy atom. The number of aryl methyl sites for hydroxylation is 1. The minimum absolute atomic E-state index is 0.218. The van der Waals surface area contributed by atoms with E-state index in [9.17, 15) is 4.39 Å². The summed E-state index contributed by atoms with van der Waals surface area (Å²) in [6.07, 6.45) is 1.60. The number of halogens is 2. The monoisotopic (exact) mass is 400 g/mol. The molecule has 0 unspecified atom stereocenters. The van der Waals surface area contributed by atoms with Gasteiger partial charge in [-0.05, 0) is 42.3 Å². The molecule has 0 spiro atoms. The maximum atomic E-state index is 13.4. The van der Waals surface area contributed by atoms with Crippen LogP contribution in [0, 0.1) is 12.7 Å². The maximum absolute atomic E-state index is 13.4. The lowest BCUT2D eigenvalue weighted by Gasteiger charge is -2.07. The summed E-state index contributed by atoms with van der Waals surface area (Å²) in [7, 11) is 0. The summed E-state index contributed by atoms with van der Waals surface area (Å²) in [5.41, 5.74) is 3.17. The molecule has 2 nitrogen and oxygen atoms in total. The number of thioether (sulfide) groups is 1. The highest BCUT2D eigenvalue weighted by atomic mass is 35.5. The zero-order valence-electron chi connectivity index (χ0n) is 13.9. The minimum atomic E-state index is -0.218. The van der Waals surface area contributed by atoms with Crippen molar-refractivity contribution >= 4 is 44.9 Å². The number of hydrogen-bond donors (Lipinski definition) is 0. The van der Waals surface area contributed by atoms with Crippen LogP contribution in [-0.2, 0) is 5.75 Å². The van der Waals surface area contributed by atoms with E-state index in [2.05, 4.69) is 16.9 Å². The summed E-state index contributed by atoms with van der Waals surface area (Å²) in [5.74, 6) is 0.433. The molecule has 0 aliphatic rings. The Morgan fingerprint density at radius 2 is 1.92 bits per heavy atom. The first-order chi connectivity index (χ1) is 12.6. The van der Waals surface area contributed by atoms with Crippen LogP contribution in [0.3, 0.4) is 0 Å². The molecule has 4 rings (SSSR count). The largest absolute Gasteiger partial charge is 0.229 e. The zero-order chi connectivity index (χ0) is 18.1. The lowest BCUT2D eigenvalue weighted by molar-refractivity contribution is 0.626. The SMILES string of the molecule is Cc1sc2ncnc(SCc3cccc(F)c3)c2c1-c1ccc(Cl)cc1. The highest BCUT2D eigenvalue weighted by Gasteiger charge is 2.17. The van der Waals surface area contributed by atoms with Crippen LogP contribution in [-0.4, -0.2) is 9.97 Å². The van der Waals surface area contributed by atoms with Gasteiger partial charge in [0.15, 0.2) is 0 Å². The quantitative estimate of drug-likeness (QED) is 0.280. The zero-order valence-corrected chi connectivity index (χ0v) is 16.3. The summed E-state index contributed by atoms with van der Waals surface area (Å²) in [6, 6.07) is 14.5. The van der Waals surface area contributed by atoms with Crippen molar-refractivity contribution in [3.63, 3.8) is 0 Å². The van der Waals surface area contributed by atoms with Gasteiger partial charge in [-0.25, -0.2) is 14.4 Å². The second-order valence-electron chi connectivity index (χ2n) is 5.82. The molecule has 0 radical (unpaired) electrons. The molecule has 4 aromatic rings. The Morgan fingerprint density at radius 3 is 2.69 bits per heavy atom. The van der Waals surface area contributed by atoms with Gasteiger partial charge in [-0.1, -0.05) is 35.9 Å². The van der Waals surface area contributed by atoms with E-state index in [1.165, 1.54) is 10.9 Å². The Balaban J connectivity index is 1.76. The fourth-order valence-corrected chi connectivity index (χ4v) is 5.02. The molecular formula is C20H14ClFN2S2. The van der Waals surface area contributed by atoms with Gasteiger partial charge < -0.3 is 0 Å². The van der Waals surface area contributed by atoms with Crippen molar-refractivity contribution in [2.45, 2.75) is 17.7 Å². The number of nitrogens with zero attached hydrogens (tertiary/aromatic N) is 2. The Bertz CT molecular complexity index is 1080. The number of thiophene rings is 1. The summed E-state index contributed by atoms with van der Waals surface area (Å²) >= 11 is 9.29. The molecule has 130 valence electrons. The highest BCUT2D eigenvalue weighted by Crippen LogP contribution is 2.42. The van der Waals surface area contributed by atoms with Gasteiger partial charge >= 0.3 is 0 Å². The van der Waals surface area contributed by atoms with Gasteiger partial charge in [0.1, 0.15) is 22.0 Å². The second kappa shape index (κ2) is 7.35. The highest BCUT2D eigenvalue weighted by molar-refractivity contribution is 7.98. The minimum Gasteiger partial charge on any atom is -0.229 e. The van der Waals surface area contributed by atoms with Crippen LogP contribution in [0.5, 0.6) is 0 Å². The van der Waals surface area contributed by atoms with Gasteiger partial charge in [0.2, 0.25) is 0 Å². The number of rotatable bonds is 4. The molecule has 0 N–H and O–H groups in total. The van der Waals surface area contributed by atoms with Crippen molar-refractivity contribution < 1.29 is 4.39 Å². The van der Waals surface area contributed by atoms with Crippen LogP contribution < -0.4 is 0 Å². The molecule has 0 bridgehead atoms. The summed E-state index contributed by atoms with van der Waals surface area (Å²) in [4.78, 5) is 11.1. The molecule has 2 aromatic heterocycles. The van der Waals surface area contributed by atoms with Gasteiger partial charge in [0.05, 0.1) is 5.39 Å². The van der Waals surface area contributed by atoms with Gasteiger partial charge in [0.25, 0.3) is 0 Å². The number of aromatic nitrogens is 2. The lowest BCUT2D eigenvalue weighted by Crippen LogP contribution is -1.88. The fourth-order valence-electron chi connectivity index (χ4n) is 2.87. The molecule has 0 saturated carbocycles. The van der Waals surface area contributed by atoms with Crippen molar-refractivity contribution in [2.75, 3.05) is 0 Å². The smallest absolute Gasteiger partial charge is 0.128 e. The number of fused-ring (bicyclic) bond motifs is 1. The number of benzene rings is 2. The summed E-state index contributed by atoms with van der Waals surface area (Å²) in [6.45, 7) is 2.09. The Labute approximate surface area is 164 Å². The van der Waals surface area contributed by atoms with Crippen LogP contribution in [0.1, 0.15) is 10.4 Å². The van der Waals surface area contributed by atoms with E-state index in [4.69, 9.17) is 11.6 Å². The lowest BCUT2D eigenvalue weighted by atomic mass is 10.0. The van der Waals surface area contributed by atoms with E-state index in [0.29, 0.717) is 10.8 Å². The molecule has 2 aromatic carbocycles. The molecule has 0 aliphatic heterocycles. The van der Waals surface area contributed by atoms with E-state index in [1.807, 2.05) is 30.3 Å². The average Bonchev–Trinajstić information content (AvgIpc) is 2.97. The summed E-state index contributed by atoms with van der Waals surface area (Å²) in [5, 5.41) is 2.68. The predicted molar refractivity (Wildman–Crippen MR) is 109 cm³/mol. The molecular weight excluding hydrogens is 387 g/mol. The van der Waals surface area contributed by atoms with E-state index >= 15 is 0 Å². The first kappa shape index (κ1) is 17.5. The van der Waals surface area contributed by atoms with Crippen LogP contribution in [0.25, 0.3) is 21.3 Å². The predicted octanol–water partition coefficient (Wildman–Crippen LogP) is 6.75. The van der Waals surface area contributed by atoms with Gasteiger partial charge in [-0.3, -0.25) is 0 Å². The molecule has 0 saturated heterocycles. The van der Waals surface area contributed by atoms with Crippen molar-refractivity contribution in [1.29, 1.82) is 0 Å². The average molecular weight is 401 g/mol. The standard InChI is InChI=1S/C20H14ClFN2S2/c1-12-17(14-5-7-15(21)8-6-14)18-19(23-11-24-20(18)26-12)25-10-13-3-2-4-16(22)9-13/h2-9,11H,10H2,1H3. The normalized spacial score (nSPS) is 11.2. The van der Waals surface area contributed by atoms with Crippen molar-refractivity contribution in [3.8, 4) is 11.1 Å². The third kappa shape index (κ3) is 3.47. The van der Waals surface area contributed by atoms with E-state index in [1.54, 1.807) is 41.6 Å². The van der Waals surface area contributed by atoms with Crippen LogP contribution in [0.2, 0.25) is 5.02 Å². The fraction of sp³-hybridized carbons (Fsp3) is 0.100. The Kier molecular flexibility index (Phi) is 4.94. The first-order valence-corrected chi connectivity index (χ1v) is 10.2. The molecule has 0 atom stereocenters. The van der Waals surface area contributed by atoms with Crippen molar-refractivity contribution in [1.82, 2.24) is 9.97 Å². The van der Waals surface area contributed by atoms with Gasteiger partial charge in [-0.15, -0.1) is 23.1 Å². The maximum Gasteiger partial charge on any atom is 0.128 e. The number of hydrogen-bond acceptors (Lipinski definition) is 4. The van der Waals surface area contributed by atoms with E-state index in [-0.39, 0.29) is 5.82 Å². The van der Waals surface area contributed by atoms with Crippen LogP contribution >= 0.6 is 34.7 Å². The first-order valence-electron chi connectivity index (χ1n) is 7.99. The topological polar surface area (TPSA) is 25.8 Å². The van der Waals surface area contributed by atoms with Crippen molar-refractivity contribution in [2.24, 2.45) is 0 Å². The molecule has 0 aliphatic carbocycles. The molecule has 2 heterocycles. The Hall–Kier alpha value is -1.95. The van der Waals surface area contributed by atoms with E-state index in [0.717, 1.165) is 31.9 Å². The van der Waals surface area contributed by atoms with Crippen LogP contribution in [0.4, 0.5) is 4.39 Å². The van der Waals surface area contributed by atoms with Gasteiger partial charge in [0, 0.05) is 21.2 Å². The third-order valence-corrected chi connectivity index (χ3v) is 6.35. The second-order valence-corrected chi connectivity index (χ2v) is 8.42. The third-order valence-electron chi connectivity index (χ3n) is 4.03. The molecule has 0 fully saturated rings. The van der Waals surface area contributed by atoms with E-state index < -0.39 is 0 Å². The van der Waals surface area contributed by atoms with Crippen LogP contribution in [0.15, 0.2) is 59.9 Å². The molecule has 26 heavy (non-hydrogen) atoms. The summed E-state index contributed by atoms with van der Waals surface area (Å²) < 4.78 is 13.4. The van der Waals surface area contributed by atoms with Gasteiger partial charge in [-0.2, -0.15) is 0 Å².